The molecule has 0 radical (unpaired) electrons. The molecular formula is C24H26N4O3S. The summed E-state index contributed by atoms with van der Waals surface area (Å²) in [5.41, 5.74) is 4.75. The molecule has 166 valence electrons. The molecule has 1 aliphatic heterocycles. The molecule has 2 aromatic carbocycles. The lowest BCUT2D eigenvalue weighted by Crippen LogP contribution is -2.35. The zero-order valence-corrected chi connectivity index (χ0v) is 18.5. The number of piperidine rings is 1. The molecule has 0 unspecified atom stereocenters. The van der Waals surface area contributed by atoms with E-state index in [9.17, 15) is 8.42 Å². The topological polar surface area (TPSA) is 83.9 Å². The first-order valence-corrected chi connectivity index (χ1v) is 12.1. The van der Waals surface area contributed by atoms with Crippen molar-refractivity contribution < 1.29 is 13.2 Å². The number of benzene rings is 2. The summed E-state index contributed by atoms with van der Waals surface area (Å²) in [7, 11) is -3.49. The number of rotatable bonds is 8. The lowest BCUT2D eigenvalue weighted by atomic mass is 10.2. The Labute approximate surface area is 188 Å². The van der Waals surface area contributed by atoms with Crippen molar-refractivity contribution in [1.82, 2.24) is 9.29 Å². The van der Waals surface area contributed by atoms with E-state index >= 15 is 0 Å². The summed E-state index contributed by atoms with van der Waals surface area (Å²) < 4.78 is 32.9. The predicted molar refractivity (Wildman–Crippen MR) is 125 cm³/mol. The number of anilines is 1. The van der Waals surface area contributed by atoms with E-state index < -0.39 is 10.0 Å². The molecule has 1 fully saturated rings. The highest BCUT2D eigenvalue weighted by Crippen LogP contribution is 2.21. The van der Waals surface area contributed by atoms with Crippen molar-refractivity contribution in [1.29, 1.82) is 0 Å². The summed E-state index contributed by atoms with van der Waals surface area (Å²) in [6.07, 6.45) is 5.90. The number of aromatic nitrogens is 1. The van der Waals surface area contributed by atoms with Gasteiger partial charge in [-0.2, -0.15) is 9.41 Å². The SMILES string of the molecule is O=S(=O)(c1ccc(N/N=C/c2ccccc2OCc2ccccc2)nc1)N1CCCCC1. The lowest BCUT2D eigenvalue weighted by Gasteiger charge is -2.25. The number of nitrogens with zero attached hydrogens (tertiary/aromatic N) is 3. The molecule has 4 rings (SSSR count). The number of nitrogens with one attached hydrogen (secondary N) is 1. The first-order chi connectivity index (χ1) is 15.6. The Hall–Kier alpha value is -3.23. The van der Waals surface area contributed by atoms with Crippen LogP contribution in [0.3, 0.4) is 0 Å². The molecular weight excluding hydrogens is 424 g/mol. The van der Waals surface area contributed by atoms with Crippen LogP contribution in [0.1, 0.15) is 30.4 Å². The van der Waals surface area contributed by atoms with Gasteiger partial charge in [-0.15, -0.1) is 0 Å². The second kappa shape index (κ2) is 10.4. The van der Waals surface area contributed by atoms with Crippen LogP contribution < -0.4 is 10.2 Å². The number of hydrogen-bond donors (Lipinski definition) is 1. The zero-order valence-electron chi connectivity index (χ0n) is 17.7. The van der Waals surface area contributed by atoms with E-state index in [1.165, 1.54) is 10.5 Å². The van der Waals surface area contributed by atoms with E-state index in [1.807, 2.05) is 54.6 Å². The molecule has 1 aromatic heterocycles. The number of para-hydroxylation sites is 1. The first-order valence-electron chi connectivity index (χ1n) is 10.6. The molecule has 0 atom stereocenters. The Kier molecular flexibility index (Phi) is 7.14. The largest absolute Gasteiger partial charge is 0.488 e. The van der Waals surface area contributed by atoms with Gasteiger partial charge in [0.1, 0.15) is 23.1 Å². The fourth-order valence-electron chi connectivity index (χ4n) is 3.48. The predicted octanol–water partition coefficient (Wildman–Crippen LogP) is 4.28. The molecule has 7 nitrogen and oxygen atoms in total. The Balaban J connectivity index is 1.38. The fourth-order valence-corrected chi connectivity index (χ4v) is 4.94. The number of sulfonamides is 1. The van der Waals surface area contributed by atoms with E-state index in [4.69, 9.17) is 4.74 Å². The molecule has 0 bridgehead atoms. The number of ether oxygens (including phenoxy) is 1. The van der Waals surface area contributed by atoms with Gasteiger partial charge in [-0.3, -0.25) is 5.43 Å². The first kappa shape index (κ1) is 22.0. The Morgan fingerprint density at radius 1 is 0.969 bits per heavy atom. The Morgan fingerprint density at radius 2 is 1.72 bits per heavy atom. The number of hydrazone groups is 1. The van der Waals surface area contributed by atoms with Crippen LogP contribution >= 0.6 is 0 Å². The van der Waals surface area contributed by atoms with Crippen LogP contribution in [0.5, 0.6) is 5.75 Å². The number of pyridine rings is 1. The summed E-state index contributed by atoms with van der Waals surface area (Å²) in [5.74, 6) is 1.18. The van der Waals surface area contributed by atoms with Crippen LogP contribution in [0.2, 0.25) is 0 Å². The molecule has 0 aliphatic carbocycles. The fraction of sp³-hybridized carbons (Fsp3) is 0.250. The third-order valence-corrected chi connectivity index (χ3v) is 7.11. The summed E-state index contributed by atoms with van der Waals surface area (Å²) >= 11 is 0. The van der Waals surface area contributed by atoms with Crippen molar-refractivity contribution in [2.24, 2.45) is 5.10 Å². The Morgan fingerprint density at radius 3 is 2.47 bits per heavy atom. The summed E-state index contributed by atoms with van der Waals surface area (Å²) in [4.78, 5) is 4.41. The summed E-state index contributed by atoms with van der Waals surface area (Å²) in [5, 5.41) is 4.23. The molecule has 2 heterocycles. The monoisotopic (exact) mass is 450 g/mol. The van der Waals surface area contributed by atoms with Gasteiger partial charge in [-0.25, -0.2) is 13.4 Å². The van der Waals surface area contributed by atoms with Crippen LogP contribution in [0.15, 0.2) is 82.9 Å². The third-order valence-electron chi connectivity index (χ3n) is 5.23. The van der Waals surface area contributed by atoms with E-state index in [0.717, 1.165) is 36.1 Å². The van der Waals surface area contributed by atoms with Crippen molar-refractivity contribution in [2.45, 2.75) is 30.8 Å². The Bertz CT molecular complexity index is 1140. The minimum absolute atomic E-state index is 0.202. The van der Waals surface area contributed by atoms with Crippen LogP contribution in [-0.4, -0.2) is 37.0 Å². The quantitative estimate of drug-likeness (QED) is 0.409. The molecule has 3 aromatic rings. The van der Waals surface area contributed by atoms with E-state index in [-0.39, 0.29) is 4.90 Å². The van der Waals surface area contributed by atoms with Crippen molar-refractivity contribution in [3.05, 3.63) is 84.1 Å². The van der Waals surface area contributed by atoms with Crippen molar-refractivity contribution in [2.75, 3.05) is 18.5 Å². The van der Waals surface area contributed by atoms with Crippen molar-refractivity contribution >= 4 is 22.1 Å². The smallest absolute Gasteiger partial charge is 0.244 e. The minimum atomic E-state index is -3.49. The van der Waals surface area contributed by atoms with Gasteiger partial charge < -0.3 is 4.74 Å². The third kappa shape index (κ3) is 5.52. The van der Waals surface area contributed by atoms with Crippen LogP contribution in [-0.2, 0) is 16.6 Å². The van der Waals surface area contributed by atoms with E-state index in [2.05, 4.69) is 15.5 Å². The van der Waals surface area contributed by atoms with Crippen LogP contribution in [0.4, 0.5) is 5.82 Å². The van der Waals surface area contributed by atoms with Crippen LogP contribution in [0.25, 0.3) is 0 Å². The van der Waals surface area contributed by atoms with Gasteiger partial charge >= 0.3 is 0 Å². The standard InChI is InChI=1S/C24H26N4O3S/c29-32(30,28-15-7-2-8-16-28)22-13-14-24(25-18-22)27-26-17-21-11-5-6-12-23(21)31-19-20-9-3-1-4-10-20/h1,3-6,9-14,17-18H,2,7-8,15-16,19H2,(H,25,27)/b26-17+. The molecule has 8 heteroatoms. The van der Waals surface area contributed by atoms with Gasteiger partial charge in [-0.05, 0) is 42.7 Å². The average molecular weight is 451 g/mol. The molecule has 32 heavy (non-hydrogen) atoms. The van der Waals surface area contributed by atoms with Gasteiger partial charge in [-0.1, -0.05) is 48.9 Å². The highest BCUT2D eigenvalue weighted by Gasteiger charge is 2.26. The number of hydrogen-bond acceptors (Lipinski definition) is 6. The summed E-state index contributed by atoms with van der Waals surface area (Å²) in [6.45, 7) is 1.60. The van der Waals surface area contributed by atoms with Gasteiger partial charge in [0, 0.05) is 24.8 Å². The highest BCUT2D eigenvalue weighted by atomic mass is 32.2. The molecule has 0 amide bonds. The molecule has 1 N–H and O–H groups in total. The average Bonchev–Trinajstić information content (AvgIpc) is 2.85. The van der Waals surface area contributed by atoms with Gasteiger partial charge in [0.05, 0.1) is 6.21 Å². The highest BCUT2D eigenvalue weighted by molar-refractivity contribution is 7.89. The van der Waals surface area contributed by atoms with E-state index in [0.29, 0.717) is 25.5 Å². The van der Waals surface area contributed by atoms with E-state index in [1.54, 1.807) is 18.3 Å². The maximum Gasteiger partial charge on any atom is 0.244 e. The second-order valence-electron chi connectivity index (χ2n) is 7.53. The van der Waals surface area contributed by atoms with Crippen LogP contribution in [0, 0.1) is 0 Å². The molecule has 1 saturated heterocycles. The molecule has 0 saturated carbocycles. The molecule has 0 spiro atoms. The lowest BCUT2D eigenvalue weighted by molar-refractivity contribution is 0.306. The maximum absolute atomic E-state index is 12.7. The minimum Gasteiger partial charge on any atom is -0.488 e. The van der Waals surface area contributed by atoms with Gasteiger partial charge in [0.2, 0.25) is 10.0 Å². The zero-order chi connectivity index (χ0) is 22.2. The normalized spacial score (nSPS) is 15.0. The van der Waals surface area contributed by atoms with Gasteiger partial charge in [0.25, 0.3) is 0 Å². The molecule has 1 aliphatic rings. The second-order valence-corrected chi connectivity index (χ2v) is 9.46. The maximum atomic E-state index is 12.7. The van der Waals surface area contributed by atoms with Crippen molar-refractivity contribution in [3.63, 3.8) is 0 Å². The summed E-state index contributed by atoms with van der Waals surface area (Å²) in [6, 6.07) is 20.8. The van der Waals surface area contributed by atoms with Crippen molar-refractivity contribution in [3.8, 4) is 5.75 Å². The van der Waals surface area contributed by atoms with Gasteiger partial charge in [0.15, 0.2) is 0 Å².